The molecule has 0 saturated heterocycles. The quantitative estimate of drug-likeness (QED) is 0.664. The number of carbonyl (C=O) groups is 1. The predicted molar refractivity (Wildman–Crippen MR) is 115 cm³/mol. The molecule has 0 radical (unpaired) electrons. The summed E-state index contributed by atoms with van der Waals surface area (Å²) in [6.45, 7) is 1.90. The Balaban J connectivity index is 1.97. The smallest absolute Gasteiger partial charge is 0.228 e. The molecule has 6 heteroatoms. The predicted octanol–water partition coefficient (Wildman–Crippen LogP) is 4.25. The summed E-state index contributed by atoms with van der Waals surface area (Å²) in [5.74, 6) is -0.206. The summed E-state index contributed by atoms with van der Waals surface area (Å²) in [5.41, 5.74) is 3.69. The van der Waals surface area contributed by atoms with Gasteiger partial charge in [-0.2, -0.15) is 0 Å². The molecule has 1 N–H and O–H groups in total. The number of rotatable bonds is 6. The van der Waals surface area contributed by atoms with Crippen LogP contribution in [0.3, 0.4) is 0 Å². The third-order valence-electron chi connectivity index (χ3n) is 4.31. The van der Waals surface area contributed by atoms with Gasteiger partial charge in [0, 0.05) is 24.4 Å². The molecule has 0 bridgehead atoms. The monoisotopic (exact) mass is 406 g/mol. The average Bonchev–Trinajstić information content (AvgIpc) is 2.68. The number of hydrogen-bond donors (Lipinski definition) is 1. The molecule has 3 rings (SSSR count). The maximum absolute atomic E-state index is 12.5. The number of benzene rings is 2. The molecule has 0 atom stereocenters. The number of sulfone groups is 1. The minimum atomic E-state index is -3.43. The molecule has 1 amide bonds. The van der Waals surface area contributed by atoms with Crippen molar-refractivity contribution >= 4 is 27.0 Å². The fraction of sp³-hybridized carbons (Fsp3) is 0.130. The van der Waals surface area contributed by atoms with Gasteiger partial charge >= 0.3 is 0 Å². The molecule has 0 aliphatic rings. The first-order valence-electron chi connectivity index (χ1n) is 9.11. The fourth-order valence-electron chi connectivity index (χ4n) is 3.04. The summed E-state index contributed by atoms with van der Waals surface area (Å²) in [6, 6.07) is 18.1. The summed E-state index contributed by atoms with van der Waals surface area (Å²) in [7, 11) is -3.43. The number of hydrogen-bond acceptors (Lipinski definition) is 4. The zero-order valence-corrected chi connectivity index (χ0v) is 17.1. The van der Waals surface area contributed by atoms with Crippen LogP contribution in [0.2, 0.25) is 0 Å². The number of aryl methyl sites for hydroxylation is 1. The molecule has 3 aromatic rings. The number of anilines is 1. The van der Waals surface area contributed by atoms with Crippen molar-refractivity contribution in [3.05, 3.63) is 95.8 Å². The van der Waals surface area contributed by atoms with Crippen LogP contribution in [0.15, 0.2) is 84.0 Å². The minimum Gasteiger partial charge on any atom is -0.324 e. The zero-order valence-electron chi connectivity index (χ0n) is 16.3. The molecule has 0 spiro atoms. The van der Waals surface area contributed by atoms with Crippen molar-refractivity contribution in [1.29, 1.82) is 0 Å². The molecule has 1 heterocycles. The van der Waals surface area contributed by atoms with E-state index in [1.807, 2.05) is 43.3 Å². The van der Waals surface area contributed by atoms with E-state index in [9.17, 15) is 13.2 Å². The molecule has 0 fully saturated rings. The molecule has 29 heavy (non-hydrogen) atoms. The molecule has 0 aliphatic carbocycles. The van der Waals surface area contributed by atoms with Crippen LogP contribution in [0, 0.1) is 6.92 Å². The third-order valence-corrected chi connectivity index (χ3v) is 5.47. The first-order valence-corrected chi connectivity index (χ1v) is 11.0. The van der Waals surface area contributed by atoms with Crippen LogP contribution >= 0.6 is 0 Å². The molecule has 0 aliphatic heterocycles. The minimum absolute atomic E-state index is 0.0935. The first kappa shape index (κ1) is 20.5. The zero-order chi connectivity index (χ0) is 20.9. The Morgan fingerprint density at radius 2 is 1.72 bits per heavy atom. The van der Waals surface area contributed by atoms with E-state index in [0.717, 1.165) is 11.1 Å². The second-order valence-electron chi connectivity index (χ2n) is 6.76. The van der Waals surface area contributed by atoms with E-state index in [-0.39, 0.29) is 17.2 Å². The maximum atomic E-state index is 12.5. The van der Waals surface area contributed by atoms with Crippen LogP contribution in [0.25, 0.3) is 5.57 Å². The van der Waals surface area contributed by atoms with E-state index in [1.54, 1.807) is 42.7 Å². The van der Waals surface area contributed by atoms with Gasteiger partial charge in [0.25, 0.3) is 0 Å². The Hall–Kier alpha value is -3.25. The van der Waals surface area contributed by atoms with Crippen molar-refractivity contribution in [1.82, 2.24) is 4.98 Å². The Bertz CT molecular complexity index is 1150. The van der Waals surface area contributed by atoms with E-state index >= 15 is 0 Å². The van der Waals surface area contributed by atoms with Crippen LogP contribution in [0.5, 0.6) is 0 Å². The lowest BCUT2D eigenvalue weighted by atomic mass is 9.96. The van der Waals surface area contributed by atoms with Crippen LogP contribution in [-0.2, 0) is 14.6 Å². The second-order valence-corrected chi connectivity index (χ2v) is 8.74. The normalized spacial score (nSPS) is 11.9. The highest BCUT2D eigenvalue weighted by Gasteiger charge is 2.17. The SMILES string of the molecule is Cc1cncc(NC(=O)C/C=C(\c2ccccc2)c2ccccc2S(C)(=O)=O)c1. The number of carbonyl (C=O) groups excluding carboxylic acids is 1. The lowest BCUT2D eigenvalue weighted by molar-refractivity contribution is -0.115. The lowest BCUT2D eigenvalue weighted by Gasteiger charge is -2.13. The van der Waals surface area contributed by atoms with E-state index in [2.05, 4.69) is 10.3 Å². The van der Waals surface area contributed by atoms with Gasteiger partial charge in [-0.3, -0.25) is 9.78 Å². The third kappa shape index (κ3) is 5.39. The van der Waals surface area contributed by atoms with Gasteiger partial charge in [-0.15, -0.1) is 0 Å². The van der Waals surface area contributed by atoms with E-state index in [4.69, 9.17) is 0 Å². The van der Waals surface area contributed by atoms with Gasteiger partial charge in [-0.05, 0) is 35.8 Å². The van der Waals surface area contributed by atoms with Crippen molar-refractivity contribution in [2.45, 2.75) is 18.2 Å². The standard InChI is InChI=1S/C23H22N2O3S/c1-17-14-19(16-24-15-17)25-23(26)13-12-20(18-8-4-3-5-9-18)21-10-6-7-11-22(21)29(2,27)28/h3-12,14-16H,13H2,1-2H3,(H,25,26)/b20-12+. The Morgan fingerprint density at radius 3 is 2.41 bits per heavy atom. The highest BCUT2D eigenvalue weighted by molar-refractivity contribution is 7.90. The van der Waals surface area contributed by atoms with Crippen molar-refractivity contribution in [3.8, 4) is 0 Å². The Labute approximate surface area is 171 Å². The summed E-state index contributed by atoms with van der Waals surface area (Å²) in [5, 5.41) is 2.82. The molecule has 2 aromatic carbocycles. The largest absolute Gasteiger partial charge is 0.324 e. The van der Waals surface area contributed by atoms with Crippen molar-refractivity contribution in [2.24, 2.45) is 0 Å². The van der Waals surface area contributed by atoms with Crippen LogP contribution < -0.4 is 5.32 Å². The van der Waals surface area contributed by atoms with Gasteiger partial charge in [-0.1, -0.05) is 54.6 Å². The van der Waals surface area contributed by atoms with E-state index < -0.39 is 9.84 Å². The van der Waals surface area contributed by atoms with E-state index in [0.29, 0.717) is 16.8 Å². The highest BCUT2D eigenvalue weighted by atomic mass is 32.2. The molecular formula is C23H22N2O3S. The first-order chi connectivity index (χ1) is 13.8. The lowest BCUT2D eigenvalue weighted by Crippen LogP contribution is -2.11. The van der Waals surface area contributed by atoms with Crippen molar-refractivity contribution in [3.63, 3.8) is 0 Å². The number of nitrogens with one attached hydrogen (secondary N) is 1. The summed E-state index contributed by atoms with van der Waals surface area (Å²) < 4.78 is 24.6. The van der Waals surface area contributed by atoms with Gasteiger partial charge < -0.3 is 5.32 Å². The molecule has 0 saturated carbocycles. The van der Waals surface area contributed by atoms with Crippen molar-refractivity contribution < 1.29 is 13.2 Å². The summed E-state index contributed by atoms with van der Waals surface area (Å²) in [4.78, 5) is 16.8. The molecular weight excluding hydrogens is 384 g/mol. The van der Waals surface area contributed by atoms with Gasteiger partial charge in [0.15, 0.2) is 9.84 Å². The summed E-state index contributed by atoms with van der Waals surface area (Å²) in [6.07, 6.45) is 6.34. The average molecular weight is 407 g/mol. The number of amides is 1. The fourth-order valence-corrected chi connectivity index (χ4v) is 3.95. The van der Waals surface area contributed by atoms with Crippen molar-refractivity contribution in [2.75, 3.05) is 11.6 Å². The summed E-state index contributed by atoms with van der Waals surface area (Å²) >= 11 is 0. The van der Waals surface area contributed by atoms with E-state index in [1.165, 1.54) is 6.26 Å². The van der Waals surface area contributed by atoms with Crippen LogP contribution in [-0.4, -0.2) is 25.6 Å². The molecule has 5 nitrogen and oxygen atoms in total. The number of nitrogens with zero attached hydrogens (tertiary/aromatic N) is 1. The maximum Gasteiger partial charge on any atom is 0.228 e. The highest BCUT2D eigenvalue weighted by Crippen LogP contribution is 2.29. The number of pyridine rings is 1. The van der Waals surface area contributed by atoms with Gasteiger partial charge in [-0.25, -0.2) is 8.42 Å². The Kier molecular flexibility index (Phi) is 6.24. The Morgan fingerprint density at radius 1 is 1.03 bits per heavy atom. The molecule has 0 unspecified atom stereocenters. The van der Waals surface area contributed by atoms with Gasteiger partial charge in [0.2, 0.25) is 5.91 Å². The van der Waals surface area contributed by atoms with Crippen LogP contribution in [0.4, 0.5) is 5.69 Å². The topological polar surface area (TPSA) is 76.1 Å². The second kappa shape index (κ2) is 8.84. The van der Waals surface area contributed by atoms with Crippen LogP contribution in [0.1, 0.15) is 23.1 Å². The van der Waals surface area contributed by atoms with Gasteiger partial charge in [0.1, 0.15) is 0 Å². The van der Waals surface area contributed by atoms with Gasteiger partial charge in [0.05, 0.1) is 16.8 Å². The number of aromatic nitrogens is 1. The molecule has 1 aromatic heterocycles. The molecule has 148 valence electrons.